The molecule has 0 aliphatic carbocycles. The van der Waals surface area contributed by atoms with E-state index in [0.717, 1.165) is 0 Å². The molecule has 0 aromatic heterocycles. The monoisotopic (exact) mass is 492 g/mol. The molecule has 1 aliphatic rings. The standard InChI is InChI=1S/C36H33BO/c1-35(2)36(3,4)38-37(35)34-24-32(28-18-12-7-13-19-28)23-33(25-34)31-21-29(26-14-8-5-9-15-26)20-30(22-31)27-16-10-6-11-17-27/h5-25H,1-4H3. The van der Waals surface area contributed by atoms with Crippen LogP contribution in [0.3, 0.4) is 0 Å². The maximum atomic E-state index is 6.50. The maximum Gasteiger partial charge on any atom is 0.335 e. The molecule has 6 rings (SSSR count). The molecule has 1 nitrogen and oxygen atoms in total. The Balaban J connectivity index is 1.55. The number of rotatable bonds is 5. The SMILES string of the molecule is CC1(C)OB(c2cc(-c3ccccc3)cc(-c3cc(-c4ccccc4)cc(-c4ccccc4)c3)c2)C1(C)C. The largest absolute Gasteiger partial charge is 0.425 e. The second-order valence-corrected chi connectivity index (χ2v) is 11.5. The van der Waals surface area contributed by atoms with Crippen molar-refractivity contribution in [3.63, 3.8) is 0 Å². The molecule has 1 saturated heterocycles. The van der Waals surface area contributed by atoms with Gasteiger partial charge in [0, 0.05) is 10.9 Å². The normalized spacial score (nSPS) is 15.6. The van der Waals surface area contributed by atoms with Crippen LogP contribution in [0.4, 0.5) is 0 Å². The van der Waals surface area contributed by atoms with Crippen molar-refractivity contribution in [2.75, 3.05) is 0 Å². The zero-order chi connectivity index (χ0) is 26.3. The van der Waals surface area contributed by atoms with Crippen LogP contribution in [0.1, 0.15) is 27.7 Å². The summed E-state index contributed by atoms with van der Waals surface area (Å²) in [5.41, 5.74) is 10.8. The molecule has 0 unspecified atom stereocenters. The zero-order valence-corrected chi connectivity index (χ0v) is 22.6. The van der Waals surface area contributed by atoms with Gasteiger partial charge in [-0.2, -0.15) is 0 Å². The van der Waals surface area contributed by atoms with E-state index in [0.29, 0.717) is 0 Å². The van der Waals surface area contributed by atoms with Crippen molar-refractivity contribution in [2.24, 2.45) is 0 Å². The van der Waals surface area contributed by atoms with Crippen LogP contribution in [-0.4, -0.2) is 12.5 Å². The van der Waals surface area contributed by atoms with E-state index < -0.39 is 0 Å². The van der Waals surface area contributed by atoms with Gasteiger partial charge in [-0.25, -0.2) is 0 Å². The lowest BCUT2D eigenvalue weighted by Gasteiger charge is -2.57. The van der Waals surface area contributed by atoms with E-state index in [1.165, 1.54) is 50.0 Å². The first-order valence-corrected chi connectivity index (χ1v) is 13.5. The minimum atomic E-state index is -0.158. The predicted molar refractivity (Wildman–Crippen MR) is 163 cm³/mol. The van der Waals surface area contributed by atoms with Gasteiger partial charge < -0.3 is 4.65 Å². The summed E-state index contributed by atoms with van der Waals surface area (Å²) in [5, 5.41) is 0.0284. The first kappa shape index (κ1) is 24.5. The van der Waals surface area contributed by atoms with Crippen molar-refractivity contribution >= 4 is 12.4 Å². The van der Waals surface area contributed by atoms with Gasteiger partial charge in [0.05, 0.1) is 0 Å². The fraction of sp³-hybridized carbons (Fsp3) is 0.167. The van der Waals surface area contributed by atoms with Crippen LogP contribution in [0.25, 0.3) is 44.5 Å². The molecule has 0 atom stereocenters. The van der Waals surface area contributed by atoms with Crippen molar-refractivity contribution < 1.29 is 4.65 Å². The fourth-order valence-corrected chi connectivity index (χ4v) is 5.49. The lowest BCUT2D eigenvalue weighted by molar-refractivity contribution is -0.00939. The highest BCUT2D eigenvalue weighted by Gasteiger charge is 2.59. The van der Waals surface area contributed by atoms with Crippen molar-refractivity contribution in [3.8, 4) is 44.5 Å². The van der Waals surface area contributed by atoms with E-state index in [4.69, 9.17) is 4.65 Å². The van der Waals surface area contributed by atoms with Crippen molar-refractivity contribution in [3.05, 3.63) is 127 Å². The van der Waals surface area contributed by atoms with Gasteiger partial charge in [0.2, 0.25) is 0 Å². The second kappa shape index (κ2) is 9.46. The summed E-state index contributed by atoms with van der Waals surface area (Å²) >= 11 is 0. The molecule has 0 amide bonds. The molecule has 2 heteroatoms. The maximum absolute atomic E-state index is 6.50. The highest BCUT2D eigenvalue weighted by atomic mass is 16.5. The van der Waals surface area contributed by atoms with Crippen LogP contribution < -0.4 is 5.46 Å². The van der Waals surface area contributed by atoms with Gasteiger partial charge in [0.15, 0.2) is 0 Å². The Kier molecular flexibility index (Phi) is 6.09. The minimum Gasteiger partial charge on any atom is -0.425 e. The zero-order valence-electron chi connectivity index (χ0n) is 22.6. The third kappa shape index (κ3) is 4.40. The highest BCUT2D eigenvalue weighted by Crippen LogP contribution is 2.53. The van der Waals surface area contributed by atoms with E-state index in [9.17, 15) is 0 Å². The van der Waals surface area contributed by atoms with Crippen molar-refractivity contribution in [1.29, 1.82) is 0 Å². The van der Waals surface area contributed by atoms with Gasteiger partial charge in [-0.3, -0.25) is 0 Å². The summed E-state index contributed by atoms with van der Waals surface area (Å²) in [6.07, 6.45) is 0. The molecular weight excluding hydrogens is 459 g/mol. The molecule has 0 N–H and O–H groups in total. The Hall–Kier alpha value is -3.88. The molecule has 1 aliphatic heterocycles. The summed E-state index contributed by atoms with van der Waals surface area (Å²) in [7, 11) is 0. The third-order valence-electron chi connectivity index (χ3n) is 8.47. The van der Waals surface area contributed by atoms with Gasteiger partial charge >= 0.3 is 6.92 Å². The fourth-order valence-electron chi connectivity index (χ4n) is 5.49. The van der Waals surface area contributed by atoms with E-state index in [-0.39, 0.29) is 17.8 Å². The summed E-state index contributed by atoms with van der Waals surface area (Å²) in [6, 6.07) is 45.9. The Morgan fingerprint density at radius 3 is 1.08 bits per heavy atom. The molecule has 186 valence electrons. The number of hydrogen-bond acceptors (Lipinski definition) is 1. The average molecular weight is 492 g/mol. The Labute approximate surface area is 227 Å². The van der Waals surface area contributed by atoms with Crippen LogP contribution in [0.2, 0.25) is 5.31 Å². The summed E-state index contributed by atoms with van der Waals surface area (Å²) in [5.74, 6) is 0. The van der Waals surface area contributed by atoms with Gasteiger partial charge in [0.25, 0.3) is 0 Å². The molecule has 5 aromatic rings. The van der Waals surface area contributed by atoms with E-state index in [1.807, 2.05) is 0 Å². The van der Waals surface area contributed by atoms with E-state index in [2.05, 4.69) is 155 Å². The predicted octanol–water partition coefficient (Wildman–Crippen LogP) is 9.14. The Morgan fingerprint density at radius 2 is 0.737 bits per heavy atom. The smallest absolute Gasteiger partial charge is 0.335 e. The molecule has 0 saturated carbocycles. The number of hydrogen-bond donors (Lipinski definition) is 0. The van der Waals surface area contributed by atoms with Crippen LogP contribution in [0, 0.1) is 0 Å². The minimum absolute atomic E-state index is 0.0284. The topological polar surface area (TPSA) is 9.23 Å². The Bertz CT molecular complexity index is 1510. The van der Waals surface area contributed by atoms with Gasteiger partial charge in [-0.05, 0) is 88.1 Å². The Morgan fingerprint density at radius 1 is 0.421 bits per heavy atom. The molecule has 1 heterocycles. The first-order valence-electron chi connectivity index (χ1n) is 13.5. The van der Waals surface area contributed by atoms with Gasteiger partial charge in [-0.1, -0.05) is 117 Å². The molecule has 38 heavy (non-hydrogen) atoms. The van der Waals surface area contributed by atoms with E-state index >= 15 is 0 Å². The quantitative estimate of drug-likeness (QED) is 0.222. The average Bonchev–Trinajstić information content (AvgIpc) is 2.97. The van der Waals surface area contributed by atoms with Gasteiger partial charge in [0.1, 0.15) is 0 Å². The van der Waals surface area contributed by atoms with Crippen molar-refractivity contribution in [1.82, 2.24) is 0 Å². The molecular formula is C36H33BO. The van der Waals surface area contributed by atoms with Crippen LogP contribution in [0.15, 0.2) is 127 Å². The lowest BCUT2D eigenvalue weighted by Crippen LogP contribution is -2.66. The molecule has 0 bridgehead atoms. The lowest BCUT2D eigenvalue weighted by atomic mass is 9.33. The first-order chi connectivity index (χ1) is 18.3. The number of benzene rings is 5. The molecule has 5 aromatic carbocycles. The van der Waals surface area contributed by atoms with Crippen LogP contribution in [-0.2, 0) is 4.65 Å². The molecule has 1 fully saturated rings. The van der Waals surface area contributed by atoms with E-state index in [1.54, 1.807) is 0 Å². The second-order valence-electron chi connectivity index (χ2n) is 11.5. The van der Waals surface area contributed by atoms with Crippen LogP contribution >= 0.6 is 0 Å². The molecule has 0 spiro atoms. The van der Waals surface area contributed by atoms with Crippen molar-refractivity contribution in [2.45, 2.75) is 38.6 Å². The summed E-state index contributed by atoms with van der Waals surface area (Å²) in [6.45, 7) is 9.08. The van der Waals surface area contributed by atoms with Crippen LogP contribution in [0.5, 0.6) is 0 Å². The van der Waals surface area contributed by atoms with Gasteiger partial charge in [-0.15, -0.1) is 0 Å². The summed E-state index contributed by atoms with van der Waals surface area (Å²) in [4.78, 5) is 0. The molecule has 0 radical (unpaired) electrons. The highest BCUT2D eigenvalue weighted by molar-refractivity contribution is 6.73. The third-order valence-corrected chi connectivity index (χ3v) is 8.47. The summed E-state index contributed by atoms with van der Waals surface area (Å²) < 4.78 is 6.50.